The Labute approximate surface area is 116 Å². The summed E-state index contributed by atoms with van der Waals surface area (Å²) in [6.07, 6.45) is 4.09. The Hall–Kier alpha value is -0.590. The number of aliphatic hydroxyl groups excluding tert-OH is 1. The van der Waals surface area contributed by atoms with Crippen LogP contribution in [0.4, 0.5) is 0 Å². The molecule has 0 atom stereocenters. The van der Waals surface area contributed by atoms with E-state index in [1.807, 2.05) is 0 Å². The lowest BCUT2D eigenvalue weighted by molar-refractivity contribution is 0.00636. The van der Waals surface area contributed by atoms with Gasteiger partial charge < -0.3 is 21.3 Å². The van der Waals surface area contributed by atoms with Gasteiger partial charge in [0, 0.05) is 5.70 Å². The van der Waals surface area contributed by atoms with E-state index < -0.39 is 0 Å². The van der Waals surface area contributed by atoms with E-state index in [1.165, 1.54) is 0 Å². The molecule has 0 aromatic carbocycles. The fourth-order valence-corrected chi connectivity index (χ4v) is 2.12. The van der Waals surface area contributed by atoms with Crippen molar-refractivity contribution in [2.75, 3.05) is 13.2 Å². The number of amidine groups is 1. The highest BCUT2D eigenvalue weighted by Crippen LogP contribution is 2.24. The Balaban J connectivity index is 2.44. The second-order valence-electron chi connectivity index (χ2n) is 4.54. The highest BCUT2D eigenvalue weighted by atomic mass is 79.9. The maximum Gasteiger partial charge on any atom is 0.134 e. The molecule has 1 fully saturated rings. The molecule has 0 unspecified atom stereocenters. The minimum Gasteiger partial charge on any atom is -0.401 e. The van der Waals surface area contributed by atoms with Crippen molar-refractivity contribution in [3.63, 3.8) is 0 Å². The predicted molar refractivity (Wildman–Crippen MR) is 76.5 cm³/mol. The van der Waals surface area contributed by atoms with Gasteiger partial charge in [0.05, 0.1) is 29.8 Å². The first-order chi connectivity index (χ1) is 8.54. The second-order valence-corrected chi connectivity index (χ2v) is 5.33. The van der Waals surface area contributed by atoms with Crippen molar-refractivity contribution in [1.29, 1.82) is 0 Å². The molecule has 18 heavy (non-hydrogen) atoms. The van der Waals surface area contributed by atoms with E-state index in [4.69, 9.17) is 21.3 Å². The zero-order valence-corrected chi connectivity index (χ0v) is 12.3. The summed E-state index contributed by atoms with van der Waals surface area (Å²) >= 11 is 3.33. The number of rotatable bonds is 5. The fourth-order valence-electron chi connectivity index (χ4n) is 2.02. The summed E-state index contributed by atoms with van der Waals surface area (Å²) < 4.78 is 6.18. The summed E-state index contributed by atoms with van der Waals surface area (Å²) in [5.41, 5.74) is 12.1. The molecule has 1 rings (SSSR count). The van der Waals surface area contributed by atoms with Gasteiger partial charge in [-0.2, -0.15) is 0 Å². The molecule has 0 radical (unpaired) electrons. The van der Waals surface area contributed by atoms with Gasteiger partial charge in [-0.3, -0.25) is 4.99 Å². The number of ether oxygens (including phenoxy) is 1. The first-order valence-corrected chi connectivity index (χ1v) is 7.01. The van der Waals surface area contributed by atoms with Gasteiger partial charge in [-0.15, -0.1) is 0 Å². The van der Waals surface area contributed by atoms with E-state index in [0.29, 0.717) is 22.6 Å². The number of nitrogens with zero attached hydrogens (tertiary/aromatic N) is 1. The maximum atomic E-state index is 8.70. The van der Waals surface area contributed by atoms with Gasteiger partial charge in [-0.1, -0.05) is 0 Å². The quantitative estimate of drug-likeness (QED) is 0.525. The Morgan fingerprint density at radius 1 is 1.33 bits per heavy atom. The van der Waals surface area contributed by atoms with Gasteiger partial charge >= 0.3 is 0 Å². The lowest BCUT2D eigenvalue weighted by Crippen LogP contribution is -2.27. The van der Waals surface area contributed by atoms with Crippen LogP contribution in [0.5, 0.6) is 0 Å². The first kappa shape index (κ1) is 15.5. The van der Waals surface area contributed by atoms with E-state index in [9.17, 15) is 0 Å². The van der Waals surface area contributed by atoms with E-state index in [-0.39, 0.29) is 18.8 Å². The number of nitrogens with two attached hydrogens (primary N) is 2. The van der Waals surface area contributed by atoms with Gasteiger partial charge in [0.15, 0.2) is 0 Å². The van der Waals surface area contributed by atoms with Gasteiger partial charge in [0.25, 0.3) is 0 Å². The van der Waals surface area contributed by atoms with Crippen molar-refractivity contribution in [3.8, 4) is 0 Å². The average Bonchev–Trinajstić information content (AvgIpc) is 2.36. The molecule has 0 aromatic rings. The molecule has 6 heteroatoms. The summed E-state index contributed by atoms with van der Waals surface area (Å²) in [5, 5.41) is 8.70. The average molecular weight is 320 g/mol. The molecule has 0 spiro atoms. The Bertz CT molecular complexity index is 319. The van der Waals surface area contributed by atoms with Crippen LogP contribution in [0, 0.1) is 0 Å². The standard InChI is InChI=1S/C12H22BrN3O2/c1-8(14)11(13)12(15)16-9-2-4-10(5-3-9)18-7-6-17/h9-10,17H,2-7,14H2,1H3,(H2,15,16)/b11-8+. The highest BCUT2D eigenvalue weighted by molar-refractivity contribution is 9.12. The summed E-state index contributed by atoms with van der Waals surface area (Å²) in [4.78, 5) is 4.48. The van der Waals surface area contributed by atoms with Crippen molar-refractivity contribution in [1.82, 2.24) is 0 Å². The minimum atomic E-state index is 0.0819. The third-order valence-corrected chi connectivity index (χ3v) is 4.01. The van der Waals surface area contributed by atoms with Crippen LogP contribution in [-0.4, -0.2) is 36.3 Å². The minimum absolute atomic E-state index is 0.0819. The van der Waals surface area contributed by atoms with Crippen LogP contribution in [0.15, 0.2) is 15.2 Å². The molecule has 0 saturated heterocycles. The molecule has 0 aliphatic heterocycles. The van der Waals surface area contributed by atoms with Crippen molar-refractivity contribution in [3.05, 3.63) is 10.2 Å². The van der Waals surface area contributed by atoms with E-state index in [2.05, 4.69) is 20.9 Å². The second kappa shape index (κ2) is 7.76. The fraction of sp³-hybridized carbons (Fsp3) is 0.750. The number of aliphatic hydroxyl groups is 1. The van der Waals surface area contributed by atoms with Crippen LogP contribution >= 0.6 is 15.9 Å². The van der Waals surface area contributed by atoms with Gasteiger partial charge in [0.2, 0.25) is 0 Å². The molecule has 5 N–H and O–H groups in total. The number of aliphatic imine (C=N–C) groups is 1. The lowest BCUT2D eigenvalue weighted by atomic mass is 9.93. The number of halogens is 1. The first-order valence-electron chi connectivity index (χ1n) is 6.22. The van der Waals surface area contributed by atoms with Crippen molar-refractivity contribution in [2.45, 2.75) is 44.8 Å². The van der Waals surface area contributed by atoms with Crippen LogP contribution in [0.1, 0.15) is 32.6 Å². The topological polar surface area (TPSA) is 93.9 Å². The molecule has 104 valence electrons. The zero-order chi connectivity index (χ0) is 13.5. The third kappa shape index (κ3) is 4.96. The molecular formula is C12H22BrN3O2. The maximum absolute atomic E-state index is 8.70. The Morgan fingerprint density at radius 3 is 2.44 bits per heavy atom. The molecule has 0 bridgehead atoms. The van der Waals surface area contributed by atoms with E-state index in [1.54, 1.807) is 6.92 Å². The Kier molecular flexibility index (Phi) is 6.67. The third-order valence-electron chi connectivity index (χ3n) is 2.98. The largest absolute Gasteiger partial charge is 0.401 e. The highest BCUT2D eigenvalue weighted by Gasteiger charge is 2.21. The molecule has 1 aliphatic rings. The van der Waals surface area contributed by atoms with Gasteiger partial charge in [0.1, 0.15) is 5.84 Å². The number of hydrogen-bond donors (Lipinski definition) is 3. The lowest BCUT2D eigenvalue weighted by Gasteiger charge is -2.26. The van der Waals surface area contributed by atoms with E-state index >= 15 is 0 Å². The van der Waals surface area contributed by atoms with Crippen LogP contribution in [0.3, 0.4) is 0 Å². The van der Waals surface area contributed by atoms with Crippen LogP contribution < -0.4 is 11.5 Å². The monoisotopic (exact) mass is 319 g/mol. The van der Waals surface area contributed by atoms with E-state index in [0.717, 1.165) is 25.7 Å². The molecule has 5 nitrogen and oxygen atoms in total. The molecule has 1 aliphatic carbocycles. The van der Waals surface area contributed by atoms with Gasteiger partial charge in [-0.25, -0.2) is 0 Å². The molecule has 0 amide bonds. The van der Waals surface area contributed by atoms with Crippen molar-refractivity contribution < 1.29 is 9.84 Å². The normalized spacial score (nSPS) is 26.9. The van der Waals surface area contributed by atoms with Crippen LogP contribution in [0.2, 0.25) is 0 Å². The molecule has 0 heterocycles. The summed E-state index contributed by atoms with van der Waals surface area (Å²) in [6.45, 7) is 2.28. The molecular weight excluding hydrogens is 298 g/mol. The molecule has 1 saturated carbocycles. The smallest absolute Gasteiger partial charge is 0.134 e. The van der Waals surface area contributed by atoms with Crippen LogP contribution in [0.25, 0.3) is 0 Å². The predicted octanol–water partition coefficient (Wildman–Crippen LogP) is 1.25. The Morgan fingerprint density at radius 2 is 1.94 bits per heavy atom. The molecule has 0 aromatic heterocycles. The SMILES string of the molecule is C/C(N)=C(\Br)C(N)=NC1CCC(OCCO)CC1. The summed E-state index contributed by atoms with van der Waals surface area (Å²) in [6, 6.07) is 0.242. The van der Waals surface area contributed by atoms with Crippen molar-refractivity contribution in [2.24, 2.45) is 16.5 Å². The summed E-state index contributed by atoms with van der Waals surface area (Å²) in [5.74, 6) is 0.467. The van der Waals surface area contributed by atoms with Crippen molar-refractivity contribution >= 4 is 21.8 Å². The van der Waals surface area contributed by atoms with Crippen LogP contribution in [-0.2, 0) is 4.74 Å². The van der Waals surface area contributed by atoms with Gasteiger partial charge in [-0.05, 0) is 48.5 Å². The number of allylic oxidation sites excluding steroid dienone is 1. The zero-order valence-electron chi connectivity index (χ0n) is 10.7. The summed E-state index contributed by atoms with van der Waals surface area (Å²) in [7, 11) is 0. The number of hydrogen-bond acceptors (Lipinski definition) is 4.